The van der Waals surface area contributed by atoms with E-state index in [-0.39, 0.29) is 12.2 Å². The summed E-state index contributed by atoms with van der Waals surface area (Å²) in [4.78, 5) is 21.7. The molecule has 0 aromatic rings. The number of carboxylic acid groups (broad SMARTS) is 1. The first-order valence-corrected chi connectivity index (χ1v) is 6.08. The summed E-state index contributed by atoms with van der Waals surface area (Å²) in [6.45, 7) is 2.16. The first-order valence-electron chi connectivity index (χ1n) is 6.08. The summed E-state index contributed by atoms with van der Waals surface area (Å²) in [6, 6.07) is -1.03. The lowest BCUT2D eigenvalue weighted by Gasteiger charge is -2.05. The molecule has 0 aliphatic heterocycles. The van der Waals surface area contributed by atoms with Gasteiger partial charge in [-0.25, -0.2) is 0 Å². The number of rotatable bonds is 10. The van der Waals surface area contributed by atoms with Crippen LogP contribution in [-0.2, 0) is 9.59 Å². The van der Waals surface area contributed by atoms with Crippen LogP contribution in [0.15, 0.2) is 0 Å². The number of carbonyl (C=O) groups excluding carboxylic acids is 1. The third-order valence-corrected chi connectivity index (χ3v) is 2.57. The quantitative estimate of drug-likeness (QED) is 0.562. The standard InChI is InChI=1S/C12H23NO3/c1-2-3-4-5-6-7-8-10(14)9-11(13)12(15)16/h11H,2-9,13H2,1H3,(H,15,16). The van der Waals surface area contributed by atoms with Crippen molar-refractivity contribution in [3.8, 4) is 0 Å². The van der Waals surface area contributed by atoms with Crippen LogP contribution in [0.5, 0.6) is 0 Å². The molecule has 0 saturated carbocycles. The predicted octanol–water partition coefficient (Wildman–Crippen LogP) is 2.11. The third-order valence-electron chi connectivity index (χ3n) is 2.57. The molecule has 0 aliphatic carbocycles. The van der Waals surface area contributed by atoms with E-state index in [4.69, 9.17) is 10.8 Å². The van der Waals surface area contributed by atoms with Crippen LogP contribution in [-0.4, -0.2) is 22.9 Å². The monoisotopic (exact) mass is 229 g/mol. The molecule has 0 bridgehead atoms. The second kappa shape index (κ2) is 9.33. The van der Waals surface area contributed by atoms with E-state index < -0.39 is 12.0 Å². The zero-order valence-corrected chi connectivity index (χ0v) is 10.1. The Hall–Kier alpha value is -0.900. The van der Waals surface area contributed by atoms with Gasteiger partial charge in [-0.15, -0.1) is 0 Å². The highest BCUT2D eigenvalue weighted by molar-refractivity contribution is 5.85. The summed E-state index contributed by atoms with van der Waals surface area (Å²) < 4.78 is 0. The number of ketones is 1. The Morgan fingerprint density at radius 3 is 2.25 bits per heavy atom. The Balaban J connectivity index is 3.40. The molecular formula is C12H23NO3. The van der Waals surface area contributed by atoms with E-state index in [2.05, 4.69) is 6.92 Å². The van der Waals surface area contributed by atoms with Crippen LogP contribution >= 0.6 is 0 Å². The summed E-state index contributed by atoms with van der Waals surface area (Å²) in [5.41, 5.74) is 5.27. The van der Waals surface area contributed by atoms with Crippen LogP contribution in [0.4, 0.5) is 0 Å². The zero-order chi connectivity index (χ0) is 12.4. The fourth-order valence-corrected chi connectivity index (χ4v) is 1.54. The van der Waals surface area contributed by atoms with Gasteiger partial charge in [-0.1, -0.05) is 39.0 Å². The second-order valence-corrected chi connectivity index (χ2v) is 4.21. The Morgan fingerprint density at radius 1 is 1.12 bits per heavy atom. The van der Waals surface area contributed by atoms with Crippen molar-refractivity contribution in [2.75, 3.05) is 0 Å². The molecule has 1 atom stereocenters. The lowest BCUT2D eigenvalue weighted by molar-refractivity contribution is -0.140. The molecule has 0 saturated heterocycles. The molecule has 4 nitrogen and oxygen atoms in total. The van der Waals surface area contributed by atoms with Crippen molar-refractivity contribution in [3.63, 3.8) is 0 Å². The van der Waals surface area contributed by atoms with Crippen LogP contribution in [0, 0.1) is 0 Å². The Labute approximate surface area is 97.2 Å². The molecule has 0 amide bonds. The fourth-order valence-electron chi connectivity index (χ4n) is 1.54. The summed E-state index contributed by atoms with van der Waals surface area (Å²) in [5.74, 6) is -1.14. The molecule has 0 heterocycles. The second-order valence-electron chi connectivity index (χ2n) is 4.21. The SMILES string of the molecule is CCCCCCCCC(=O)CC(N)C(=O)O. The smallest absolute Gasteiger partial charge is 0.320 e. The number of hydrogen-bond donors (Lipinski definition) is 2. The molecule has 0 fully saturated rings. The first kappa shape index (κ1) is 15.1. The lowest BCUT2D eigenvalue weighted by Crippen LogP contribution is -2.32. The molecule has 4 heteroatoms. The lowest BCUT2D eigenvalue weighted by atomic mass is 10.0. The average Bonchev–Trinajstić information content (AvgIpc) is 2.23. The van der Waals surface area contributed by atoms with Crippen LogP contribution in [0.3, 0.4) is 0 Å². The van der Waals surface area contributed by atoms with Crippen molar-refractivity contribution >= 4 is 11.8 Å². The van der Waals surface area contributed by atoms with Gasteiger partial charge >= 0.3 is 5.97 Å². The van der Waals surface area contributed by atoms with Gasteiger partial charge in [0.1, 0.15) is 11.8 Å². The molecule has 3 N–H and O–H groups in total. The van der Waals surface area contributed by atoms with Gasteiger partial charge in [0.25, 0.3) is 0 Å². The normalized spacial score (nSPS) is 12.4. The molecule has 0 aliphatic rings. The summed E-state index contributed by atoms with van der Waals surface area (Å²) in [7, 11) is 0. The fraction of sp³-hybridized carbons (Fsp3) is 0.833. The zero-order valence-electron chi connectivity index (χ0n) is 10.1. The van der Waals surface area contributed by atoms with Gasteiger partial charge in [-0.3, -0.25) is 9.59 Å². The van der Waals surface area contributed by atoms with E-state index in [0.29, 0.717) is 6.42 Å². The number of unbranched alkanes of at least 4 members (excludes halogenated alkanes) is 5. The number of Topliss-reactive ketones (excluding diaryl/α,β-unsaturated/α-hetero) is 1. The van der Waals surface area contributed by atoms with Crippen molar-refractivity contribution in [1.82, 2.24) is 0 Å². The maximum Gasteiger partial charge on any atom is 0.320 e. The molecule has 0 aromatic carbocycles. The molecule has 0 spiro atoms. The largest absolute Gasteiger partial charge is 0.480 e. The van der Waals surface area contributed by atoms with Crippen molar-refractivity contribution in [2.45, 2.75) is 64.3 Å². The van der Waals surface area contributed by atoms with Gasteiger partial charge in [0.15, 0.2) is 0 Å². The molecule has 16 heavy (non-hydrogen) atoms. The van der Waals surface area contributed by atoms with Crippen molar-refractivity contribution in [1.29, 1.82) is 0 Å². The van der Waals surface area contributed by atoms with Gasteiger partial charge in [0.05, 0.1) is 0 Å². The highest BCUT2D eigenvalue weighted by Gasteiger charge is 2.15. The van der Waals surface area contributed by atoms with Crippen LogP contribution in [0.2, 0.25) is 0 Å². The molecule has 94 valence electrons. The Bertz CT molecular complexity index is 216. The number of carboxylic acids is 1. The number of carbonyl (C=O) groups is 2. The van der Waals surface area contributed by atoms with Gasteiger partial charge < -0.3 is 10.8 Å². The minimum absolute atomic E-state index is 0.0367. The maximum absolute atomic E-state index is 11.3. The van der Waals surface area contributed by atoms with E-state index in [0.717, 1.165) is 19.3 Å². The average molecular weight is 229 g/mol. The van der Waals surface area contributed by atoms with Crippen LogP contribution in [0.25, 0.3) is 0 Å². The Morgan fingerprint density at radius 2 is 1.69 bits per heavy atom. The van der Waals surface area contributed by atoms with Crippen LogP contribution in [0.1, 0.15) is 58.3 Å². The maximum atomic E-state index is 11.3. The highest BCUT2D eigenvalue weighted by Crippen LogP contribution is 2.08. The van der Waals surface area contributed by atoms with Gasteiger partial charge in [-0.2, -0.15) is 0 Å². The Kier molecular flexibility index (Phi) is 8.81. The van der Waals surface area contributed by atoms with E-state index in [1.165, 1.54) is 19.3 Å². The molecule has 0 rings (SSSR count). The minimum Gasteiger partial charge on any atom is -0.480 e. The highest BCUT2D eigenvalue weighted by atomic mass is 16.4. The van der Waals surface area contributed by atoms with Crippen molar-refractivity contribution in [2.24, 2.45) is 5.73 Å². The number of aliphatic carboxylic acids is 1. The van der Waals surface area contributed by atoms with Crippen LogP contribution < -0.4 is 5.73 Å². The number of nitrogens with two attached hydrogens (primary N) is 1. The summed E-state index contributed by atoms with van der Waals surface area (Å²) >= 11 is 0. The molecule has 1 unspecified atom stereocenters. The van der Waals surface area contributed by atoms with E-state index >= 15 is 0 Å². The molecule has 0 radical (unpaired) electrons. The summed E-state index contributed by atoms with van der Waals surface area (Å²) in [5, 5.41) is 8.52. The topological polar surface area (TPSA) is 80.4 Å². The predicted molar refractivity (Wildman–Crippen MR) is 63.2 cm³/mol. The van der Waals surface area contributed by atoms with Gasteiger partial charge in [-0.05, 0) is 6.42 Å². The van der Waals surface area contributed by atoms with E-state index in [9.17, 15) is 9.59 Å². The first-order chi connectivity index (χ1) is 7.57. The van der Waals surface area contributed by atoms with Gasteiger partial charge in [0.2, 0.25) is 0 Å². The summed E-state index contributed by atoms with van der Waals surface area (Å²) in [6.07, 6.45) is 7.18. The third kappa shape index (κ3) is 8.41. The van der Waals surface area contributed by atoms with Gasteiger partial charge in [0, 0.05) is 12.8 Å². The van der Waals surface area contributed by atoms with E-state index in [1.54, 1.807) is 0 Å². The minimum atomic E-state index is -1.10. The van der Waals surface area contributed by atoms with Crippen molar-refractivity contribution < 1.29 is 14.7 Å². The number of hydrogen-bond acceptors (Lipinski definition) is 3. The molecular weight excluding hydrogens is 206 g/mol. The van der Waals surface area contributed by atoms with E-state index in [1.807, 2.05) is 0 Å². The van der Waals surface area contributed by atoms with Crippen molar-refractivity contribution in [3.05, 3.63) is 0 Å². The molecule has 0 aromatic heterocycles.